The molecule has 2 unspecified atom stereocenters. The van der Waals surface area contributed by atoms with Gasteiger partial charge in [0, 0.05) is 24.7 Å². The predicted octanol–water partition coefficient (Wildman–Crippen LogP) is 4.71. The quantitative estimate of drug-likeness (QED) is 0.363. The van der Waals surface area contributed by atoms with E-state index < -0.39 is 13.0 Å². The number of rotatable bonds is 10. The van der Waals surface area contributed by atoms with E-state index >= 15 is 0 Å². The van der Waals surface area contributed by atoms with Crippen molar-refractivity contribution in [1.29, 1.82) is 0 Å². The Kier molecular flexibility index (Phi) is 7.49. The van der Waals surface area contributed by atoms with Gasteiger partial charge < -0.3 is 14.6 Å². The molecule has 0 radical (unpaired) electrons. The fourth-order valence-corrected chi connectivity index (χ4v) is 7.05. The van der Waals surface area contributed by atoms with E-state index in [0.29, 0.717) is 24.2 Å². The van der Waals surface area contributed by atoms with Crippen molar-refractivity contribution < 1.29 is 18.9 Å². The van der Waals surface area contributed by atoms with Gasteiger partial charge in [0.05, 0.1) is 23.8 Å². The van der Waals surface area contributed by atoms with Gasteiger partial charge in [-0.15, -0.1) is 0 Å². The van der Waals surface area contributed by atoms with Crippen molar-refractivity contribution in [3.63, 3.8) is 0 Å². The van der Waals surface area contributed by atoms with Crippen LogP contribution in [0.15, 0.2) is 48.9 Å². The maximum atomic E-state index is 13.8. The molecule has 6 rings (SSSR count). The number of carbonyl (C=O) groups is 2. The van der Waals surface area contributed by atoms with Crippen LogP contribution in [-0.4, -0.2) is 46.4 Å². The van der Waals surface area contributed by atoms with Crippen LogP contribution in [0.2, 0.25) is 0 Å². The molecular weight excluding hydrogens is 477 g/mol. The minimum Gasteiger partial charge on any atom is -0.404 e. The normalized spacial score (nSPS) is 28.8. The van der Waals surface area contributed by atoms with Gasteiger partial charge in [0.25, 0.3) is 0 Å². The minimum absolute atomic E-state index is 0.0502. The van der Waals surface area contributed by atoms with Crippen LogP contribution in [0, 0.1) is 29.1 Å². The Labute approximate surface area is 226 Å². The smallest absolute Gasteiger partial charge is 0.404 e. The lowest BCUT2D eigenvalue weighted by Crippen LogP contribution is -2.65. The molecule has 2 aromatic rings. The van der Waals surface area contributed by atoms with Gasteiger partial charge in [-0.25, -0.2) is 4.98 Å². The van der Waals surface area contributed by atoms with Crippen LogP contribution in [0.25, 0.3) is 0 Å². The van der Waals surface area contributed by atoms with E-state index in [1.165, 1.54) is 25.0 Å². The summed E-state index contributed by atoms with van der Waals surface area (Å²) in [6.07, 6.45) is 7.96. The van der Waals surface area contributed by atoms with Gasteiger partial charge in [0.1, 0.15) is 5.69 Å². The van der Waals surface area contributed by atoms with E-state index in [4.69, 9.17) is 9.31 Å². The van der Waals surface area contributed by atoms with E-state index in [0.717, 1.165) is 18.4 Å². The van der Waals surface area contributed by atoms with Crippen LogP contribution < -0.4 is 5.32 Å². The summed E-state index contributed by atoms with van der Waals surface area (Å²) in [6.45, 7) is 11.2. The molecule has 1 N–H and O–H groups in total. The number of Topliss-reactive ketones (excluding diaryl/α,β-unsaturated/α-hetero) is 1. The van der Waals surface area contributed by atoms with E-state index in [9.17, 15) is 9.59 Å². The summed E-state index contributed by atoms with van der Waals surface area (Å²) < 4.78 is 13.3. The van der Waals surface area contributed by atoms with Gasteiger partial charge in [-0.2, -0.15) is 0 Å². The summed E-state index contributed by atoms with van der Waals surface area (Å²) in [5, 5.41) is 3.27. The summed E-state index contributed by atoms with van der Waals surface area (Å²) in [7, 11) is -0.500. The monoisotopic (exact) mass is 517 g/mol. The summed E-state index contributed by atoms with van der Waals surface area (Å²) in [5.41, 5.74) is 1.20. The molecule has 1 amide bonds. The second-order valence-corrected chi connectivity index (χ2v) is 12.7. The van der Waals surface area contributed by atoms with Crippen LogP contribution in [0.1, 0.15) is 76.4 Å². The topological polar surface area (TPSA) is 90.4 Å². The Hall–Kier alpha value is -2.58. The Morgan fingerprint density at radius 2 is 1.89 bits per heavy atom. The Bertz CT molecular complexity index is 1140. The van der Waals surface area contributed by atoms with Crippen LogP contribution in [0.3, 0.4) is 0 Å². The molecular formula is C30H40BN3O4. The lowest BCUT2D eigenvalue weighted by atomic mass is 9.43. The van der Waals surface area contributed by atoms with Crippen molar-refractivity contribution >= 4 is 18.8 Å². The highest BCUT2D eigenvalue weighted by Crippen LogP contribution is 2.65. The molecule has 7 nitrogen and oxygen atoms in total. The zero-order valence-corrected chi connectivity index (χ0v) is 23.2. The average Bonchev–Trinajstić information content (AvgIpc) is 3.26. The van der Waals surface area contributed by atoms with Crippen molar-refractivity contribution in [2.24, 2.45) is 29.1 Å². The minimum atomic E-state index is -0.549. The molecule has 1 aromatic carbocycles. The fraction of sp³-hybridized carbons (Fsp3) is 0.600. The Balaban J connectivity index is 1.34. The number of nitrogens with zero attached hydrogens (tertiary/aromatic N) is 2. The standard InChI is InChI=1S/C30H40BN3O4/c1-19(2)13-27(31-37-26-17-22-16-25(29(22,3)4)30(26,5)38-31)34-28(36)21(14-20-9-7-6-8-10-20)15-24(35)23-18-32-11-12-33-23/h6-12,18-19,21-22,25-27H,13-17H2,1-5H3,(H,34,36)/t21?,22-,25-,26+,27?,30-/m0/s1. The predicted molar refractivity (Wildman–Crippen MR) is 146 cm³/mol. The first-order valence-electron chi connectivity index (χ1n) is 14.0. The van der Waals surface area contributed by atoms with Crippen molar-refractivity contribution in [2.45, 2.75) is 84.4 Å². The zero-order valence-electron chi connectivity index (χ0n) is 23.2. The van der Waals surface area contributed by atoms with Gasteiger partial charge in [0.15, 0.2) is 5.78 Å². The third kappa shape index (κ3) is 5.17. The third-order valence-corrected chi connectivity index (χ3v) is 9.33. The molecule has 1 aliphatic heterocycles. The lowest BCUT2D eigenvalue weighted by Gasteiger charge is -2.64. The van der Waals surface area contributed by atoms with Crippen LogP contribution in [-0.2, 0) is 20.5 Å². The molecule has 1 saturated heterocycles. The molecule has 6 atom stereocenters. The molecule has 1 aromatic heterocycles. The van der Waals surface area contributed by atoms with E-state index in [1.54, 1.807) is 0 Å². The third-order valence-electron chi connectivity index (χ3n) is 9.33. The maximum Gasteiger partial charge on any atom is 0.481 e. The second-order valence-electron chi connectivity index (χ2n) is 12.7. The van der Waals surface area contributed by atoms with Crippen molar-refractivity contribution in [1.82, 2.24) is 15.3 Å². The van der Waals surface area contributed by atoms with Gasteiger partial charge >= 0.3 is 7.12 Å². The first-order valence-corrected chi connectivity index (χ1v) is 14.0. The molecule has 4 fully saturated rings. The lowest BCUT2D eigenvalue weighted by molar-refractivity contribution is -0.199. The van der Waals surface area contributed by atoms with Crippen molar-refractivity contribution in [2.75, 3.05) is 0 Å². The summed E-state index contributed by atoms with van der Waals surface area (Å²) >= 11 is 0. The summed E-state index contributed by atoms with van der Waals surface area (Å²) in [6, 6.07) is 9.82. The number of nitrogens with one attached hydrogen (secondary N) is 1. The highest BCUT2D eigenvalue weighted by molar-refractivity contribution is 6.47. The van der Waals surface area contributed by atoms with Crippen molar-refractivity contribution in [3.05, 3.63) is 60.2 Å². The van der Waals surface area contributed by atoms with Crippen molar-refractivity contribution in [3.8, 4) is 0 Å². The molecule has 3 aliphatic carbocycles. The Morgan fingerprint density at radius 3 is 2.55 bits per heavy atom. The SMILES string of the molecule is CC(C)CC(NC(=O)C(CC(=O)c1cnccn1)Cc1ccccc1)B1O[C@@H]2C[C@@H]3C[C@@H](C3(C)C)[C@]2(C)O1. The highest BCUT2D eigenvalue weighted by Gasteiger charge is 2.68. The zero-order chi connectivity index (χ0) is 27.1. The molecule has 8 heteroatoms. The average molecular weight is 517 g/mol. The van der Waals surface area contributed by atoms with E-state index in [1.807, 2.05) is 30.3 Å². The second kappa shape index (κ2) is 10.5. The molecule has 2 bridgehead atoms. The molecule has 4 aliphatic rings. The molecule has 2 heterocycles. The van der Waals surface area contributed by atoms with Gasteiger partial charge in [-0.3, -0.25) is 14.6 Å². The number of ketones is 1. The molecule has 0 spiro atoms. The van der Waals surface area contributed by atoms with Crippen LogP contribution >= 0.6 is 0 Å². The maximum absolute atomic E-state index is 13.8. The Morgan fingerprint density at radius 1 is 1.13 bits per heavy atom. The molecule has 3 saturated carbocycles. The summed E-state index contributed by atoms with van der Waals surface area (Å²) in [4.78, 5) is 35.0. The number of carbonyl (C=O) groups excluding carboxylic acids is 2. The first-order chi connectivity index (χ1) is 18.1. The van der Waals surface area contributed by atoms with Gasteiger partial charge in [0.2, 0.25) is 5.91 Å². The largest absolute Gasteiger partial charge is 0.481 e. The fourth-order valence-electron chi connectivity index (χ4n) is 7.05. The number of amides is 1. The molecule has 38 heavy (non-hydrogen) atoms. The highest BCUT2D eigenvalue weighted by atomic mass is 16.7. The number of benzene rings is 1. The summed E-state index contributed by atoms with van der Waals surface area (Å²) in [5.74, 6) is 0.254. The number of hydrogen-bond donors (Lipinski definition) is 1. The van der Waals surface area contributed by atoms with Gasteiger partial charge in [-0.1, -0.05) is 58.0 Å². The van der Waals surface area contributed by atoms with E-state index in [-0.39, 0.29) is 46.9 Å². The first kappa shape index (κ1) is 27.0. The van der Waals surface area contributed by atoms with Gasteiger partial charge in [-0.05, 0) is 61.3 Å². The van der Waals surface area contributed by atoms with Crippen LogP contribution in [0.5, 0.6) is 0 Å². The number of hydrogen-bond acceptors (Lipinski definition) is 6. The van der Waals surface area contributed by atoms with E-state index in [2.05, 4.69) is 49.9 Å². The van der Waals surface area contributed by atoms with Crippen LogP contribution in [0.4, 0.5) is 0 Å². The number of aromatic nitrogens is 2. The molecule has 202 valence electrons.